The number of hydrogen-bond acceptors (Lipinski definition) is 5. The van der Waals surface area contributed by atoms with Crippen LogP contribution in [0.15, 0.2) is 63.5 Å². The van der Waals surface area contributed by atoms with Crippen molar-refractivity contribution in [3.8, 4) is 10.6 Å². The van der Waals surface area contributed by atoms with Crippen molar-refractivity contribution in [2.45, 2.75) is 26.0 Å². The van der Waals surface area contributed by atoms with Crippen LogP contribution in [-0.4, -0.2) is 29.1 Å². The van der Waals surface area contributed by atoms with Crippen molar-refractivity contribution < 1.29 is 9.52 Å². The normalized spacial score (nSPS) is 14.0. The highest BCUT2D eigenvalue weighted by molar-refractivity contribution is 7.13. The number of hydrogen-bond donors (Lipinski definition) is 3. The molecule has 2 aromatic heterocycles. The van der Waals surface area contributed by atoms with E-state index in [1.54, 1.807) is 36.7 Å². The van der Waals surface area contributed by atoms with Crippen molar-refractivity contribution in [3.63, 3.8) is 0 Å². The molecule has 0 amide bonds. The number of nitrogens with one attached hydrogen (secondary N) is 2. The zero-order valence-corrected chi connectivity index (χ0v) is 16.3. The molecule has 1 aromatic carbocycles. The molecule has 0 fully saturated rings. The zero-order valence-electron chi connectivity index (χ0n) is 15.5. The Hall–Kier alpha value is -2.64. The smallest absolute Gasteiger partial charge is 0.191 e. The minimum atomic E-state index is -1.12. The second-order valence-electron chi connectivity index (χ2n) is 6.31. The lowest BCUT2D eigenvalue weighted by molar-refractivity contribution is 0.0386. The highest BCUT2D eigenvalue weighted by atomic mass is 32.1. The van der Waals surface area contributed by atoms with Gasteiger partial charge in [0.1, 0.15) is 16.4 Å². The summed E-state index contributed by atoms with van der Waals surface area (Å²) in [6.07, 6.45) is 1.55. The van der Waals surface area contributed by atoms with Crippen LogP contribution < -0.4 is 10.6 Å². The van der Waals surface area contributed by atoms with E-state index in [9.17, 15) is 5.11 Å². The van der Waals surface area contributed by atoms with Gasteiger partial charge in [0.05, 0.1) is 25.0 Å². The first kappa shape index (κ1) is 19.1. The van der Waals surface area contributed by atoms with Crippen LogP contribution in [0.3, 0.4) is 0 Å². The van der Waals surface area contributed by atoms with Crippen LogP contribution in [0.25, 0.3) is 10.6 Å². The Balaban J connectivity index is 1.63. The van der Waals surface area contributed by atoms with E-state index in [2.05, 4.69) is 20.6 Å². The maximum absolute atomic E-state index is 10.6. The van der Waals surface area contributed by atoms with Crippen LogP contribution in [0.5, 0.6) is 0 Å². The van der Waals surface area contributed by atoms with Crippen LogP contribution in [0.4, 0.5) is 0 Å². The van der Waals surface area contributed by atoms with E-state index in [0.717, 1.165) is 22.8 Å². The molecular weight excluding hydrogens is 360 g/mol. The lowest BCUT2D eigenvalue weighted by atomic mass is 10.0. The predicted octanol–water partition coefficient (Wildman–Crippen LogP) is 3.37. The SMILES string of the molecule is CCNC(=NCc1csc(-c2ccccc2)n1)NCC(C)(O)c1ccco1. The van der Waals surface area contributed by atoms with Gasteiger partial charge in [0.2, 0.25) is 0 Å². The summed E-state index contributed by atoms with van der Waals surface area (Å²) < 4.78 is 5.31. The Labute approximate surface area is 163 Å². The summed E-state index contributed by atoms with van der Waals surface area (Å²) in [5.74, 6) is 1.14. The quantitative estimate of drug-likeness (QED) is 0.430. The summed E-state index contributed by atoms with van der Waals surface area (Å²) in [6, 6.07) is 13.6. The number of aromatic nitrogens is 1. The van der Waals surface area contributed by atoms with Crippen LogP contribution in [0.1, 0.15) is 25.3 Å². The number of aliphatic hydroxyl groups is 1. The van der Waals surface area contributed by atoms with Crippen molar-refractivity contribution in [3.05, 3.63) is 65.6 Å². The molecule has 0 aliphatic rings. The molecule has 0 aliphatic carbocycles. The molecule has 6 nitrogen and oxygen atoms in total. The molecule has 142 valence electrons. The molecule has 1 unspecified atom stereocenters. The van der Waals surface area contributed by atoms with Crippen molar-refractivity contribution in [2.75, 3.05) is 13.1 Å². The van der Waals surface area contributed by atoms with E-state index < -0.39 is 5.60 Å². The maximum atomic E-state index is 10.6. The molecule has 27 heavy (non-hydrogen) atoms. The third-order valence-corrected chi connectivity index (χ3v) is 4.91. The largest absolute Gasteiger partial charge is 0.466 e. The number of guanidine groups is 1. The third-order valence-electron chi connectivity index (χ3n) is 3.97. The first-order chi connectivity index (χ1) is 13.1. The van der Waals surface area contributed by atoms with Gasteiger partial charge >= 0.3 is 0 Å². The molecule has 2 heterocycles. The van der Waals surface area contributed by atoms with E-state index in [-0.39, 0.29) is 6.54 Å². The Morgan fingerprint density at radius 1 is 1.22 bits per heavy atom. The monoisotopic (exact) mass is 384 g/mol. The number of aliphatic imine (C=N–C) groups is 1. The fourth-order valence-corrected chi connectivity index (χ4v) is 3.34. The second kappa shape index (κ2) is 8.83. The number of nitrogens with zero attached hydrogens (tertiary/aromatic N) is 2. The molecule has 3 rings (SSSR count). The average Bonchev–Trinajstić information content (AvgIpc) is 3.37. The average molecular weight is 385 g/mol. The Morgan fingerprint density at radius 3 is 2.74 bits per heavy atom. The fraction of sp³-hybridized carbons (Fsp3) is 0.300. The Morgan fingerprint density at radius 2 is 2.04 bits per heavy atom. The van der Waals surface area contributed by atoms with E-state index in [1.165, 1.54) is 0 Å². The van der Waals surface area contributed by atoms with Gasteiger partial charge in [0, 0.05) is 17.5 Å². The summed E-state index contributed by atoms with van der Waals surface area (Å²) >= 11 is 1.61. The molecule has 1 atom stereocenters. The summed E-state index contributed by atoms with van der Waals surface area (Å²) in [5.41, 5.74) is 0.895. The summed E-state index contributed by atoms with van der Waals surface area (Å²) in [6.45, 7) is 5.16. The Kier molecular flexibility index (Phi) is 6.26. The first-order valence-electron chi connectivity index (χ1n) is 8.87. The van der Waals surface area contributed by atoms with Gasteiger partial charge in [-0.15, -0.1) is 11.3 Å². The predicted molar refractivity (Wildman–Crippen MR) is 109 cm³/mol. The Bertz CT molecular complexity index is 857. The van der Waals surface area contributed by atoms with E-state index in [0.29, 0.717) is 18.3 Å². The van der Waals surface area contributed by atoms with Gasteiger partial charge in [0.15, 0.2) is 5.96 Å². The third kappa shape index (κ3) is 5.18. The molecule has 0 saturated heterocycles. The number of furan rings is 1. The molecular formula is C20H24N4O2S. The number of rotatable bonds is 7. The topological polar surface area (TPSA) is 82.7 Å². The van der Waals surface area contributed by atoms with Gasteiger partial charge in [0.25, 0.3) is 0 Å². The molecule has 0 spiro atoms. The number of thiazole rings is 1. The van der Waals surface area contributed by atoms with E-state index in [4.69, 9.17) is 4.42 Å². The van der Waals surface area contributed by atoms with Gasteiger partial charge in [-0.25, -0.2) is 9.98 Å². The van der Waals surface area contributed by atoms with Crippen molar-refractivity contribution in [1.82, 2.24) is 15.6 Å². The van der Waals surface area contributed by atoms with Crippen molar-refractivity contribution >= 4 is 17.3 Å². The summed E-state index contributed by atoms with van der Waals surface area (Å²) in [4.78, 5) is 9.23. The zero-order chi connectivity index (χ0) is 19.1. The van der Waals surface area contributed by atoms with Crippen LogP contribution in [-0.2, 0) is 12.1 Å². The maximum Gasteiger partial charge on any atom is 0.191 e. The minimum absolute atomic E-state index is 0.276. The van der Waals surface area contributed by atoms with Crippen LogP contribution in [0.2, 0.25) is 0 Å². The van der Waals surface area contributed by atoms with Crippen LogP contribution >= 0.6 is 11.3 Å². The van der Waals surface area contributed by atoms with Gasteiger partial charge in [-0.2, -0.15) is 0 Å². The van der Waals surface area contributed by atoms with E-state index in [1.807, 2.05) is 42.6 Å². The minimum Gasteiger partial charge on any atom is -0.466 e. The van der Waals surface area contributed by atoms with Crippen LogP contribution in [0, 0.1) is 0 Å². The molecule has 7 heteroatoms. The molecule has 0 aliphatic heterocycles. The van der Waals surface area contributed by atoms with Gasteiger partial charge in [-0.05, 0) is 26.0 Å². The molecule has 0 saturated carbocycles. The van der Waals surface area contributed by atoms with Gasteiger partial charge < -0.3 is 20.2 Å². The highest BCUT2D eigenvalue weighted by Gasteiger charge is 2.26. The molecule has 3 N–H and O–H groups in total. The lowest BCUT2D eigenvalue weighted by Crippen LogP contribution is -2.44. The lowest BCUT2D eigenvalue weighted by Gasteiger charge is -2.22. The summed E-state index contributed by atoms with van der Waals surface area (Å²) in [5, 5.41) is 19.9. The number of benzene rings is 1. The summed E-state index contributed by atoms with van der Waals surface area (Å²) in [7, 11) is 0. The highest BCUT2D eigenvalue weighted by Crippen LogP contribution is 2.23. The standard InChI is InChI=1S/C20H24N4O2S/c1-3-21-19(23-14-20(2,25)17-10-7-11-26-17)22-12-16-13-27-18(24-16)15-8-5-4-6-9-15/h4-11,13,25H,3,12,14H2,1-2H3,(H2,21,22,23). The fourth-order valence-electron chi connectivity index (χ4n) is 2.52. The molecule has 0 radical (unpaired) electrons. The van der Waals surface area contributed by atoms with E-state index >= 15 is 0 Å². The molecule has 3 aromatic rings. The van der Waals surface area contributed by atoms with Crippen molar-refractivity contribution in [1.29, 1.82) is 0 Å². The van der Waals surface area contributed by atoms with Gasteiger partial charge in [-0.3, -0.25) is 0 Å². The van der Waals surface area contributed by atoms with Crippen molar-refractivity contribution in [2.24, 2.45) is 4.99 Å². The molecule has 0 bridgehead atoms. The van der Waals surface area contributed by atoms with Gasteiger partial charge in [-0.1, -0.05) is 30.3 Å². The second-order valence-corrected chi connectivity index (χ2v) is 7.17. The first-order valence-corrected chi connectivity index (χ1v) is 9.75.